The summed E-state index contributed by atoms with van der Waals surface area (Å²) in [5.41, 5.74) is 1.30. The van der Waals surface area contributed by atoms with Crippen LogP contribution in [0.5, 0.6) is 0 Å². The van der Waals surface area contributed by atoms with Crippen molar-refractivity contribution in [2.45, 2.75) is 30.2 Å². The lowest BCUT2D eigenvalue weighted by Gasteiger charge is -2.33. The molecule has 0 bridgehead atoms. The molecule has 2 heterocycles. The molecule has 1 saturated carbocycles. The highest BCUT2D eigenvalue weighted by Gasteiger charge is 2.26. The Kier molecular flexibility index (Phi) is 4.69. The third-order valence-electron chi connectivity index (χ3n) is 5.29. The number of carbonyl (C=O) groups excluding carboxylic acids is 1. The van der Waals surface area contributed by atoms with E-state index >= 15 is 0 Å². The van der Waals surface area contributed by atoms with Gasteiger partial charge in [0.05, 0.1) is 11.1 Å². The molecule has 5 rings (SSSR count). The second-order valence-corrected chi connectivity index (χ2v) is 8.68. The summed E-state index contributed by atoms with van der Waals surface area (Å²) in [6.45, 7) is 1.69. The molecule has 6 nitrogen and oxygen atoms in total. The van der Waals surface area contributed by atoms with Crippen LogP contribution in [0.4, 0.5) is 20.2 Å². The van der Waals surface area contributed by atoms with Gasteiger partial charge in [-0.05, 0) is 37.5 Å². The number of carbonyl (C=O) groups is 1. The minimum absolute atomic E-state index is 0.125. The zero-order chi connectivity index (χ0) is 20.8. The fourth-order valence-corrected chi connectivity index (χ4v) is 4.34. The van der Waals surface area contributed by atoms with Gasteiger partial charge in [0.2, 0.25) is 0 Å². The van der Waals surface area contributed by atoms with Crippen LogP contribution in [0.3, 0.4) is 0 Å². The molecule has 156 valence electrons. The summed E-state index contributed by atoms with van der Waals surface area (Å²) in [5, 5.41) is 3.28. The van der Waals surface area contributed by atoms with Gasteiger partial charge in [-0.3, -0.25) is 9.52 Å². The SMILES string of the molecule is O=C(NS(=O)c1c(F)cccc1NC1CC1)c1cc2c(F)cc(N3CCC3)cc2o1. The smallest absolute Gasteiger partial charge is 0.298 e. The standard InChI is InChI=1S/C21H19F2N3O3S/c22-15-3-1-4-17(24-12-5-6-12)20(15)30(28)25-21(27)19-11-14-16(23)9-13(10-18(14)29-19)26-7-2-8-26/h1,3-4,9-12,24H,2,5-8H2,(H,25,27). The van der Waals surface area contributed by atoms with Crippen molar-refractivity contribution < 1.29 is 22.2 Å². The van der Waals surface area contributed by atoms with Crippen LogP contribution < -0.4 is 14.9 Å². The molecule has 1 unspecified atom stereocenters. The van der Waals surface area contributed by atoms with Gasteiger partial charge >= 0.3 is 0 Å². The first-order chi connectivity index (χ1) is 14.5. The number of nitrogens with zero attached hydrogens (tertiary/aromatic N) is 1. The molecular formula is C21H19F2N3O3S. The molecule has 3 aromatic rings. The van der Waals surface area contributed by atoms with Gasteiger partial charge in [-0.1, -0.05) is 6.07 Å². The number of benzene rings is 2. The van der Waals surface area contributed by atoms with Crippen LogP contribution in [0.2, 0.25) is 0 Å². The van der Waals surface area contributed by atoms with Crippen molar-refractivity contribution in [3.05, 3.63) is 53.8 Å². The van der Waals surface area contributed by atoms with Gasteiger partial charge in [0.25, 0.3) is 5.91 Å². The quantitative estimate of drug-likeness (QED) is 0.618. The van der Waals surface area contributed by atoms with Crippen LogP contribution in [0.15, 0.2) is 45.7 Å². The molecule has 1 aliphatic heterocycles. The van der Waals surface area contributed by atoms with Gasteiger partial charge in [-0.25, -0.2) is 13.0 Å². The Morgan fingerprint density at radius 1 is 1.13 bits per heavy atom. The molecule has 2 aromatic carbocycles. The van der Waals surface area contributed by atoms with E-state index in [4.69, 9.17) is 4.42 Å². The van der Waals surface area contributed by atoms with Gasteiger partial charge in [0, 0.05) is 37.0 Å². The van der Waals surface area contributed by atoms with Crippen molar-refractivity contribution in [1.82, 2.24) is 4.72 Å². The topological polar surface area (TPSA) is 74.6 Å². The molecule has 2 N–H and O–H groups in total. The van der Waals surface area contributed by atoms with E-state index in [0.29, 0.717) is 11.4 Å². The summed E-state index contributed by atoms with van der Waals surface area (Å²) in [5.74, 6) is -2.18. The Morgan fingerprint density at radius 2 is 1.93 bits per heavy atom. The monoisotopic (exact) mass is 431 g/mol. The van der Waals surface area contributed by atoms with Gasteiger partial charge < -0.3 is 14.6 Å². The molecule has 1 atom stereocenters. The normalized spacial score (nSPS) is 16.9. The maximum absolute atomic E-state index is 14.5. The third-order valence-corrected chi connectivity index (χ3v) is 6.45. The number of nitrogens with one attached hydrogen (secondary N) is 2. The van der Waals surface area contributed by atoms with Gasteiger partial charge in [-0.15, -0.1) is 0 Å². The van der Waals surface area contributed by atoms with E-state index < -0.39 is 28.5 Å². The molecule has 2 fully saturated rings. The number of rotatable bonds is 6. The van der Waals surface area contributed by atoms with Crippen LogP contribution in [-0.2, 0) is 11.0 Å². The second-order valence-electron chi connectivity index (χ2n) is 7.53. The predicted molar refractivity (Wildman–Crippen MR) is 110 cm³/mol. The first-order valence-corrected chi connectivity index (χ1v) is 10.9. The summed E-state index contributed by atoms with van der Waals surface area (Å²) < 4.78 is 49.3. The average Bonchev–Trinajstić information content (AvgIpc) is 3.35. The van der Waals surface area contributed by atoms with Crippen LogP contribution in [0.1, 0.15) is 29.8 Å². The lowest BCUT2D eigenvalue weighted by Crippen LogP contribution is -2.36. The number of amides is 1. The number of anilines is 2. The Labute approximate surface area is 173 Å². The van der Waals surface area contributed by atoms with E-state index in [0.717, 1.165) is 32.4 Å². The van der Waals surface area contributed by atoms with E-state index in [1.807, 2.05) is 4.90 Å². The van der Waals surface area contributed by atoms with Gasteiger partial charge in [0.1, 0.15) is 22.1 Å². The first-order valence-electron chi connectivity index (χ1n) is 9.75. The van der Waals surface area contributed by atoms with Gasteiger partial charge in [0.15, 0.2) is 16.7 Å². The Morgan fingerprint density at radius 3 is 2.63 bits per heavy atom. The highest BCUT2D eigenvalue weighted by atomic mass is 32.2. The van der Waals surface area contributed by atoms with Crippen molar-refractivity contribution in [1.29, 1.82) is 0 Å². The van der Waals surface area contributed by atoms with Crippen molar-refractivity contribution in [2.24, 2.45) is 0 Å². The molecular weight excluding hydrogens is 412 g/mol. The number of hydrogen-bond donors (Lipinski definition) is 2. The molecule has 30 heavy (non-hydrogen) atoms. The molecule has 1 saturated heterocycles. The van der Waals surface area contributed by atoms with Crippen LogP contribution >= 0.6 is 0 Å². The molecule has 1 amide bonds. The zero-order valence-corrected chi connectivity index (χ0v) is 16.7. The average molecular weight is 431 g/mol. The predicted octanol–water partition coefficient (Wildman–Crippen LogP) is 3.95. The minimum atomic E-state index is -2.16. The lowest BCUT2D eigenvalue weighted by molar-refractivity contribution is 0.0958. The summed E-state index contributed by atoms with van der Waals surface area (Å²) in [6.07, 6.45) is 2.96. The molecule has 1 aromatic heterocycles. The zero-order valence-electron chi connectivity index (χ0n) is 15.9. The summed E-state index contributed by atoms with van der Waals surface area (Å²) in [4.78, 5) is 14.5. The highest BCUT2D eigenvalue weighted by molar-refractivity contribution is 7.83. The van der Waals surface area contributed by atoms with E-state index in [2.05, 4.69) is 10.0 Å². The largest absolute Gasteiger partial charge is 0.451 e. The van der Waals surface area contributed by atoms with E-state index in [9.17, 15) is 17.8 Å². The Balaban J connectivity index is 1.39. The van der Waals surface area contributed by atoms with Crippen molar-refractivity contribution in [3.8, 4) is 0 Å². The van der Waals surface area contributed by atoms with E-state index in [1.165, 1.54) is 24.3 Å². The molecule has 0 radical (unpaired) electrons. The van der Waals surface area contributed by atoms with E-state index in [-0.39, 0.29) is 27.7 Å². The van der Waals surface area contributed by atoms with Crippen LogP contribution in [-0.4, -0.2) is 29.2 Å². The summed E-state index contributed by atoms with van der Waals surface area (Å²) >= 11 is 0. The number of fused-ring (bicyclic) bond motifs is 1. The van der Waals surface area contributed by atoms with Crippen molar-refractivity contribution in [3.63, 3.8) is 0 Å². The lowest BCUT2D eigenvalue weighted by atomic mass is 10.1. The van der Waals surface area contributed by atoms with E-state index in [1.54, 1.807) is 12.1 Å². The minimum Gasteiger partial charge on any atom is -0.451 e. The molecule has 1 aliphatic carbocycles. The number of furan rings is 1. The Hall–Kier alpha value is -2.94. The maximum atomic E-state index is 14.5. The van der Waals surface area contributed by atoms with Crippen LogP contribution in [0, 0.1) is 11.6 Å². The fourth-order valence-electron chi connectivity index (χ4n) is 3.40. The maximum Gasteiger partial charge on any atom is 0.298 e. The number of hydrogen-bond acceptors (Lipinski definition) is 5. The van der Waals surface area contributed by atoms with Crippen molar-refractivity contribution in [2.75, 3.05) is 23.3 Å². The summed E-state index contributed by atoms with van der Waals surface area (Å²) in [7, 11) is -2.16. The Bertz CT molecular complexity index is 1170. The highest BCUT2D eigenvalue weighted by Crippen LogP contribution is 2.31. The molecule has 0 spiro atoms. The third kappa shape index (κ3) is 3.54. The fraction of sp³-hybridized carbons (Fsp3) is 0.286. The van der Waals surface area contributed by atoms with Crippen molar-refractivity contribution >= 4 is 39.2 Å². The number of halogens is 2. The molecule has 2 aliphatic rings. The van der Waals surface area contributed by atoms with Crippen LogP contribution in [0.25, 0.3) is 11.0 Å². The summed E-state index contributed by atoms with van der Waals surface area (Å²) in [6, 6.07) is 8.89. The molecule has 9 heteroatoms. The van der Waals surface area contributed by atoms with Gasteiger partial charge in [-0.2, -0.15) is 0 Å². The first kappa shape index (κ1) is 19.0. The second kappa shape index (κ2) is 7.39.